The standard InChI is InChI=1S/C28H34N4O10/c29-27(41)31(23(25(37)38)17-9-13-19(33)14-10-17)21(35)7-5-3-1-2-4-6-8-22(36)32(28(30)42)24(26(39)40)18-11-15-20(34)16-12-18/h9-16,23-24,33-34H,1-8H2,(H2,29,41)(H2,30,42)(H,37,38)(H,39,40). The Bertz CT molecular complexity index is 1180. The Balaban J connectivity index is 1.83. The number of carbonyl (C=O) groups is 6. The lowest BCUT2D eigenvalue weighted by molar-refractivity contribution is -0.148. The molecule has 0 heterocycles. The molecule has 0 saturated carbocycles. The Morgan fingerprint density at radius 3 is 1.10 bits per heavy atom. The number of nitrogens with two attached hydrogens (primary N) is 2. The lowest BCUT2D eigenvalue weighted by Gasteiger charge is -2.26. The monoisotopic (exact) mass is 586 g/mol. The average molecular weight is 587 g/mol. The molecule has 2 aromatic rings. The molecule has 14 heteroatoms. The molecule has 0 aliphatic heterocycles. The van der Waals surface area contributed by atoms with Crippen LogP contribution in [0.5, 0.6) is 11.5 Å². The summed E-state index contributed by atoms with van der Waals surface area (Å²) in [7, 11) is 0. The molecule has 2 atom stereocenters. The van der Waals surface area contributed by atoms with Crippen LogP contribution in [0.1, 0.15) is 74.6 Å². The van der Waals surface area contributed by atoms with Gasteiger partial charge in [-0.15, -0.1) is 0 Å². The summed E-state index contributed by atoms with van der Waals surface area (Å²) in [5, 5.41) is 38.1. The zero-order valence-electron chi connectivity index (χ0n) is 22.7. The van der Waals surface area contributed by atoms with Crippen molar-refractivity contribution in [2.24, 2.45) is 11.5 Å². The van der Waals surface area contributed by atoms with E-state index >= 15 is 0 Å². The molecule has 0 fully saturated rings. The Hall–Kier alpha value is -5.14. The smallest absolute Gasteiger partial charge is 0.331 e. The molecule has 0 spiro atoms. The molecule has 0 aliphatic carbocycles. The van der Waals surface area contributed by atoms with Crippen molar-refractivity contribution in [2.45, 2.75) is 63.5 Å². The van der Waals surface area contributed by atoms with Gasteiger partial charge in [-0.1, -0.05) is 49.9 Å². The van der Waals surface area contributed by atoms with Crippen molar-refractivity contribution in [2.75, 3.05) is 0 Å². The summed E-state index contributed by atoms with van der Waals surface area (Å²) in [4.78, 5) is 74.0. The number of aromatic hydroxyl groups is 2. The summed E-state index contributed by atoms with van der Waals surface area (Å²) in [6.07, 6.45) is 2.80. The van der Waals surface area contributed by atoms with E-state index in [1.165, 1.54) is 48.5 Å². The van der Waals surface area contributed by atoms with Gasteiger partial charge in [0.2, 0.25) is 11.8 Å². The molecule has 2 aromatic carbocycles. The number of amides is 6. The number of unbranched alkanes of at least 4 members (excludes halogenated alkanes) is 5. The van der Waals surface area contributed by atoms with Crippen LogP contribution in [0.3, 0.4) is 0 Å². The van der Waals surface area contributed by atoms with Crippen LogP contribution in [0, 0.1) is 0 Å². The summed E-state index contributed by atoms with van der Waals surface area (Å²) in [6.45, 7) is 0. The van der Waals surface area contributed by atoms with E-state index in [4.69, 9.17) is 11.5 Å². The molecular formula is C28H34N4O10. The van der Waals surface area contributed by atoms with Crippen LogP contribution in [0.2, 0.25) is 0 Å². The molecule has 226 valence electrons. The maximum Gasteiger partial charge on any atom is 0.331 e. The molecule has 42 heavy (non-hydrogen) atoms. The molecule has 2 unspecified atom stereocenters. The fraction of sp³-hybridized carbons (Fsp3) is 0.357. The molecule has 0 aliphatic rings. The predicted molar refractivity (Wildman–Crippen MR) is 147 cm³/mol. The van der Waals surface area contributed by atoms with E-state index in [2.05, 4.69) is 0 Å². The van der Waals surface area contributed by atoms with Crippen molar-refractivity contribution in [1.29, 1.82) is 0 Å². The first-order valence-electron chi connectivity index (χ1n) is 13.1. The molecular weight excluding hydrogens is 552 g/mol. The van der Waals surface area contributed by atoms with Crippen molar-refractivity contribution in [3.8, 4) is 11.5 Å². The SMILES string of the molecule is NC(=O)N(C(=O)CCCCCCCCC(=O)N(C(N)=O)C(C(=O)O)c1ccc(O)cc1)C(C(=O)O)c1ccc(O)cc1. The number of carboxylic acid groups (broad SMARTS) is 2. The first kappa shape index (κ1) is 33.1. The number of benzene rings is 2. The van der Waals surface area contributed by atoms with Crippen LogP contribution in [-0.4, -0.2) is 66.0 Å². The highest BCUT2D eigenvalue weighted by Gasteiger charge is 2.35. The van der Waals surface area contributed by atoms with Crippen molar-refractivity contribution >= 4 is 35.8 Å². The molecule has 2 rings (SSSR count). The number of rotatable bonds is 15. The van der Waals surface area contributed by atoms with Crippen molar-refractivity contribution < 1.29 is 49.2 Å². The first-order chi connectivity index (χ1) is 19.8. The highest BCUT2D eigenvalue weighted by Crippen LogP contribution is 2.26. The van der Waals surface area contributed by atoms with E-state index in [0.717, 1.165) is 0 Å². The van der Waals surface area contributed by atoms with Gasteiger partial charge in [-0.2, -0.15) is 0 Å². The molecule has 6 amide bonds. The molecule has 0 aromatic heterocycles. The Labute approximate surface area is 241 Å². The minimum Gasteiger partial charge on any atom is -0.508 e. The number of imide groups is 2. The quantitative estimate of drug-likeness (QED) is 0.167. The lowest BCUT2D eigenvalue weighted by atomic mass is 10.0. The summed E-state index contributed by atoms with van der Waals surface area (Å²) in [6, 6.07) is 4.30. The number of carboxylic acids is 2. The number of urea groups is 2. The van der Waals surface area contributed by atoms with E-state index in [0.29, 0.717) is 48.3 Å². The Morgan fingerprint density at radius 2 is 0.833 bits per heavy atom. The van der Waals surface area contributed by atoms with Crippen molar-refractivity contribution in [3.05, 3.63) is 59.7 Å². The number of nitrogens with zero attached hydrogens (tertiary/aromatic N) is 2. The summed E-state index contributed by atoms with van der Waals surface area (Å²) in [5.74, 6) is -4.69. The molecule has 0 radical (unpaired) electrons. The first-order valence-corrected chi connectivity index (χ1v) is 13.1. The topological polar surface area (TPSA) is 242 Å². The van der Waals surface area contributed by atoms with Crippen molar-refractivity contribution in [1.82, 2.24) is 9.80 Å². The fourth-order valence-corrected chi connectivity index (χ4v) is 4.41. The Morgan fingerprint density at radius 1 is 0.548 bits per heavy atom. The Kier molecular flexibility index (Phi) is 12.3. The average Bonchev–Trinajstić information content (AvgIpc) is 2.91. The number of hydrogen-bond acceptors (Lipinski definition) is 8. The largest absolute Gasteiger partial charge is 0.508 e. The molecule has 8 N–H and O–H groups in total. The van der Waals surface area contributed by atoms with Gasteiger partial charge in [0, 0.05) is 12.8 Å². The van der Waals surface area contributed by atoms with E-state index in [9.17, 15) is 49.2 Å². The van der Waals surface area contributed by atoms with Gasteiger partial charge in [0.05, 0.1) is 0 Å². The van der Waals surface area contributed by atoms with Gasteiger partial charge in [-0.3, -0.25) is 9.59 Å². The molecule has 0 saturated heterocycles. The van der Waals surface area contributed by atoms with Gasteiger partial charge in [0.25, 0.3) is 0 Å². The summed E-state index contributed by atoms with van der Waals surface area (Å²) in [5.41, 5.74) is 10.8. The van der Waals surface area contributed by atoms with E-state index in [-0.39, 0.29) is 35.5 Å². The van der Waals surface area contributed by atoms with Gasteiger partial charge in [-0.25, -0.2) is 29.0 Å². The van der Waals surface area contributed by atoms with Crippen LogP contribution in [0.25, 0.3) is 0 Å². The minimum atomic E-state index is -1.65. The lowest BCUT2D eigenvalue weighted by Crippen LogP contribution is -2.46. The van der Waals surface area contributed by atoms with Gasteiger partial charge in [0.1, 0.15) is 11.5 Å². The number of carbonyl (C=O) groups excluding carboxylic acids is 4. The predicted octanol–water partition coefficient (Wildman–Crippen LogP) is 2.98. The van der Waals surface area contributed by atoms with Crippen LogP contribution < -0.4 is 11.5 Å². The second-order valence-corrected chi connectivity index (χ2v) is 9.49. The third kappa shape index (κ3) is 9.21. The highest BCUT2D eigenvalue weighted by atomic mass is 16.4. The van der Waals surface area contributed by atoms with E-state index in [1.807, 2.05) is 0 Å². The van der Waals surface area contributed by atoms with Crippen LogP contribution in [0.4, 0.5) is 9.59 Å². The van der Waals surface area contributed by atoms with Crippen LogP contribution in [0.15, 0.2) is 48.5 Å². The maximum absolute atomic E-state index is 12.7. The zero-order chi connectivity index (χ0) is 31.4. The number of primary amides is 2. The molecule has 14 nitrogen and oxygen atoms in total. The normalized spacial score (nSPS) is 12.1. The third-order valence-electron chi connectivity index (χ3n) is 6.45. The van der Waals surface area contributed by atoms with Crippen LogP contribution >= 0.6 is 0 Å². The minimum absolute atomic E-state index is 0.0923. The second kappa shape index (κ2) is 15.6. The number of aliphatic carboxylic acids is 2. The summed E-state index contributed by atoms with van der Waals surface area (Å²) < 4.78 is 0. The van der Waals surface area contributed by atoms with E-state index < -0.39 is 47.9 Å². The third-order valence-corrected chi connectivity index (χ3v) is 6.45. The fourth-order valence-electron chi connectivity index (χ4n) is 4.41. The zero-order valence-corrected chi connectivity index (χ0v) is 22.7. The summed E-state index contributed by atoms with van der Waals surface area (Å²) >= 11 is 0. The highest BCUT2D eigenvalue weighted by molar-refractivity contribution is 5.99. The van der Waals surface area contributed by atoms with Gasteiger partial charge in [0.15, 0.2) is 12.1 Å². The number of phenolic OH excluding ortho intramolecular Hbond substituents is 2. The van der Waals surface area contributed by atoms with Crippen LogP contribution in [-0.2, 0) is 19.2 Å². The van der Waals surface area contributed by atoms with E-state index in [1.54, 1.807) is 0 Å². The maximum atomic E-state index is 12.7. The van der Waals surface area contributed by atoms with Gasteiger partial charge in [-0.05, 0) is 48.2 Å². The van der Waals surface area contributed by atoms with Gasteiger partial charge < -0.3 is 31.9 Å². The number of hydrogen-bond donors (Lipinski definition) is 6. The second-order valence-electron chi connectivity index (χ2n) is 9.49. The molecule has 0 bridgehead atoms. The number of phenols is 2. The van der Waals surface area contributed by atoms with Gasteiger partial charge >= 0.3 is 24.0 Å². The van der Waals surface area contributed by atoms with Crippen molar-refractivity contribution in [3.63, 3.8) is 0 Å².